The molecular weight excluding hydrogens is 290 g/mol. The van der Waals surface area contributed by atoms with E-state index in [0.29, 0.717) is 5.88 Å². The lowest BCUT2D eigenvalue weighted by Crippen LogP contribution is -2.21. The Labute approximate surface area is 135 Å². The second-order valence-corrected chi connectivity index (χ2v) is 5.40. The van der Waals surface area contributed by atoms with Crippen molar-refractivity contribution in [3.8, 4) is 11.6 Å². The number of benzene rings is 1. The molecule has 0 N–H and O–H groups in total. The molecule has 0 amide bonds. The highest BCUT2D eigenvalue weighted by molar-refractivity contribution is 5.30. The standard InChI is InChI=1S/C18H19N3O2/c1-14(17-4-3-11-22-17)21(2)13-15-5-7-16(8-6-15)23-18-12-19-9-10-20-18/h3-12,14H,13H2,1-2H3/t14-/m1/s1. The van der Waals surface area contributed by atoms with Gasteiger partial charge in [0.05, 0.1) is 18.5 Å². The van der Waals surface area contributed by atoms with E-state index in [2.05, 4.69) is 41.0 Å². The number of aromatic nitrogens is 2. The normalized spacial score (nSPS) is 12.3. The van der Waals surface area contributed by atoms with Crippen molar-refractivity contribution in [1.82, 2.24) is 14.9 Å². The Balaban J connectivity index is 1.61. The Morgan fingerprint density at radius 1 is 1.17 bits per heavy atom. The van der Waals surface area contributed by atoms with Gasteiger partial charge in [-0.25, -0.2) is 4.98 Å². The van der Waals surface area contributed by atoms with Crippen LogP contribution in [0, 0.1) is 0 Å². The zero-order valence-corrected chi connectivity index (χ0v) is 13.2. The first-order valence-corrected chi connectivity index (χ1v) is 7.49. The Morgan fingerprint density at radius 3 is 2.65 bits per heavy atom. The van der Waals surface area contributed by atoms with Gasteiger partial charge < -0.3 is 9.15 Å². The van der Waals surface area contributed by atoms with Gasteiger partial charge in [0.2, 0.25) is 5.88 Å². The first kappa shape index (κ1) is 15.2. The molecule has 118 valence electrons. The quantitative estimate of drug-likeness (QED) is 0.687. The van der Waals surface area contributed by atoms with Crippen LogP contribution in [0.25, 0.3) is 0 Å². The number of furan rings is 1. The molecule has 0 saturated heterocycles. The lowest BCUT2D eigenvalue weighted by molar-refractivity contribution is 0.223. The van der Waals surface area contributed by atoms with Gasteiger partial charge in [0.25, 0.3) is 0 Å². The minimum Gasteiger partial charge on any atom is -0.468 e. The summed E-state index contributed by atoms with van der Waals surface area (Å²) in [6, 6.07) is 12.1. The Kier molecular flexibility index (Phi) is 4.68. The second-order valence-electron chi connectivity index (χ2n) is 5.40. The third-order valence-corrected chi connectivity index (χ3v) is 3.73. The van der Waals surface area contributed by atoms with Crippen LogP contribution in [0.1, 0.15) is 24.3 Å². The first-order chi connectivity index (χ1) is 11.2. The number of rotatable bonds is 6. The zero-order chi connectivity index (χ0) is 16.1. The third kappa shape index (κ3) is 3.96. The molecule has 5 heteroatoms. The molecule has 5 nitrogen and oxygen atoms in total. The summed E-state index contributed by atoms with van der Waals surface area (Å²) in [5, 5.41) is 0. The van der Waals surface area contributed by atoms with E-state index in [1.165, 1.54) is 5.56 Å². The summed E-state index contributed by atoms with van der Waals surface area (Å²) in [6.45, 7) is 2.96. The van der Waals surface area contributed by atoms with Crippen LogP contribution in [-0.4, -0.2) is 21.9 Å². The van der Waals surface area contributed by atoms with Gasteiger partial charge in [0.15, 0.2) is 0 Å². The number of nitrogens with zero attached hydrogens (tertiary/aromatic N) is 3. The van der Waals surface area contributed by atoms with E-state index in [9.17, 15) is 0 Å². The summed E-state index contributed by atoms with van der Waals surface area (Å²) in [6.07, 6.45) is 6.52. The van der Waals surface area contributed by atoms with Crippen LogP contribution in [-0.2, 0) is 6.54 Å². The first-order valence-electron chi connectivity index (χ1n) is 7.49. The average molecular weight is 309 g/mol. The molecule has 1 atom stereocenters. The van der Waals surface area contributed by atoms with Crippen LogP contribution >= 0.6 is 0 Å². The van der Waals surface area contributed by atoms with Crippen molar-refractivity contribution in [1.29, 1.82) is 0 Å². The van der Waals surface area contributed by atoms with Gasteiger partial charge in [-0.05, 0) is 43.8 Å². The van der Waals surface area contributed by atoms with Crippen LogP contribution in [0.5, 0.6) is 11.6 Å². The zero-order valence-electron chi connectivity index (χ0n) is 13.2. The maximum absolute atomic E-state index is 5.64. The molecule has 0 spiro atoms. The highest BCUT2D eigenvalue weighted by Crippen LogP contribution is 2.23. The SMILES string of the molecule is C[C@H](c1ccco1)N(C)Cc1ccc(Oc2cnccn2)cc1. The summed E-state index contributed by atoms with van der Waals surface area (Å²) in [7, 11) is 2.08. The summed E-state index contributed by atoms with van der Waals surface area (Å²) in [5.41, 5.74) is 1.21. The Hall–Kier alpha value is -2.66. The average Bonchev–Trinajstić information content (AvgIpc) is 3.11. The lowest BCUT2D eigenvalue weighted by atomic mass is 10.1. The van der Waals surface area contributed by atoms with Gasteiger partial charge in [-0.1, -0.05) is 12.1 Å². The molecular formula is C18H19N3O2. The second kappa shape index (κ2) is 7.07. The van der Waals surface area contributed by atoms with Crippen molar-refractivity contribution in [2.24, 2.45) is 0 Å². The molecule has 2 heterocycles. The van der Waals surface area contributed by atoms with Crippen molar-refractivity contribution in [2.75, 3.05) is 7.05 Å². The van der Waals surface area contributed by atoms with E-state index < -0.39 is 0 Å². The minimum atomic E-state index is 0.223. The van der Waals surface area contributed by atoms with E-state index in [1.807, 2.05) is 24.3 Å². The predicted molar refractivity (Wildman–Crippen MR) is 87.1 cm³/mol. The molecule has 1 aromatic carbocycles. The molecule has 0 unspecified atom stereocenters. The summed E-state index contributed by atoms with van der Waals surface area (Å²) >= 11 is 0. The fraction of sp³-hybridized carbons (Fsp3) is 0.222. The molecule has 0 aliphatic rings. The molecule has 3 aromatic rings. The number of hydrogen-bond donors (Lipinski definition) is 0. The monoisotopic (exact) mass is 309 g/mol. The maximum atomic E-state index is 5.64. The van der Waals surface area contributed by atoms with E-state index in [4.69, 9.17) is 9.15 Å². The summed E-state index contributed by atoms with van der Waals surface area (Å²) < 4.78 is 11.1. The molecule has 0 saturated carbocycles. The predicted octanol–water partition coefficient (Wildman–Crippen LogP) is 4.05. The minimum absolute atomic E-state index is 0.223. The van der Waals surface area contributed by atoms with Gasteiger partial charge in [0.1, 0.15) is 11.5 Å². The van der Waals surface area contributed by atoms with Crippen LogP contribution in [0.4, 0.5) is 0 Å². The molecule has 23 heavy (non-hydrogen) atoms. The molecule has 0 aliphatic carbocycles. The highest BCUT2D eigenvalue weighted by atomic mass is 16.5. The van der Waals surface area contributed by atoms with Crippen LogP contribution in [0.2, 0.25) is 0 Å². The molecule has 0 bridgehead atoms. The largest absolute Gasteiger partial charge is 0.468 e. The molecule has 0 radical (unpaired) electrons. The van der Waals surface area contributed by atoms with Crippen molar-refractivity contribution < 1.29 is 9.15 Å². The van der Waals surface area contributed by atoms with Crippen molar-refractivity contribution in [3.05, 3.63) is 72.6 Å². The van der Waals surface area contributed by atoms with E-state index in [0.717, 1.165) is 18.1 Å². The summed E-state index contributed by atoms with van der Waals surface area (Å²) in [5.74, 6) is 2.20. The summed E-state index contributed by atoms with van der Waals surface area (Å²) in [4.78, 5) is 10.3. The van der Waals surface area contributed by atoms with Crippen molar-refractivity contribution >= 4 is 0 Å². The van der Waals surface area contributed by atoms with Crippen molar-refractivity contribution in [2.45, 2.75) is 19.5 Å². The van der Waals surface area contributed by atoms with Gasteiger partial charge in [0, 0.05) is 18.9 Å². The van der Waals surface area contributed by atoms with E-state index in [-0.39, 0.29) is 6.04 Å². The van der Waals surface area contributed by atoms with Gasteiger partial charge in [-0.2, -0.15) is 0 Å². The Morgan fingerprint density at radius 2 is 2.00 bits per heavy atom. The van der Waals surface area contributed by atoms with Gasteiger partial charge >= 0.3 is 0 Å². The van der Waals surface area contributed by atoms with Gasteiger partial charge in [-0.15, -0.1) is 0 Å². The molecule has 0 aliphatic heterocycles. The van der Waals surface area contributed by atoms with Gasteiger partial charge in [-0.3, -0.25) is 9.88 Å². The van der Waals surface area contributed by atoms with Crippen LogP contribution < -0.4 is 4.74 Å². The van der Waals surface area contributed by atoms with Crippen LogP contribution in [0.15, 0.2) is 65.7 Å². The van der Waals surface area contributed by atoms with Crippen molar-refractivity contribution in [3.63, 3.8) is 0 Å². The fourth-order valence-corrected chi connectivity index (χ4v) is 2.29. The number of ether oxygens (including phenoxy) is 1. The topological polar surface area (TPSA) is 51.4 Å². The molecule has 0 fully saturated rings. The molecule has 2 aromatic heterocycles. The molecule has 3 rings (SSSR count). The fourth-order valence-electron chi connectivity index (χ4n) is 2.29. The highest BCUT2D eigenvalue weighted by Gasteiger charge is 2.14. The lowest BCUT2D eigenvalue weighted by Gasteiger charge is -2.23. The Bertz CT molecular complexity index is 712. The number of hydrogen-bond acceptors (Lipinski definition) is 5. The third-order valence-electron chi connectivity index (χ3n) is 3.73. The smallest absolute Gasteiger partial charge is 0.237 e. The van der Waals surface area contributed by atoms with E-state index >= 15 is 0 Å². The van der Waals surface area contributed by atoms with E-state index in [1.54, 1.807) is 24.9 Å². The van der Waals surface area contributed by atoms with Crippen LogP contribution in [0.3, 0.4) is 0 Å². The maximum Gasteiger partial charge on any atom is 0.237 e.